The fourth-order valence-corrected chi connectivity index (χ4v) is 12.1. The highest BCUT2D eigenvalue weighted by atomic mass is 16.3. The lowest BCUT2D eigenvalue weighted by Gasteiger charge is -2.46. The molecule has 0 radical (unpaired) electrons. The van der Waals surface area contributed by atoms with Crippen molar-refractivity contribution in [1.29, 1.82) is 0 Å². The van der Waals surface area contributed by atoms with Crippen LogP contribution in [0, 0.1) is 0 Å². The van der Waals surface area contributed by atoms with Crippen molar-refractivity contribution in [2.75, 3.05) is 4.81 Å². The monoisotopic (exact) mass is 846 g/mol. The minimum absolute atomic E-state index is 0.0103. The summed E-state index contributed by atoms with van der Waals surface area (Å²) in [6.07, 6.45) is 4.23. The molecule has 4 nitrogen and oxygen atoms in total. The van der Waals surface area contributed by atoms with E-state index in [1.807, 2.05) is 6.26 Å². The van der Waals surface area contributed by atoms with E-state index >= 15 is 0 Å². The molecule has 65 heavy (non-hydrogen) atoms. The van der Waals surface area contributed by atoms with Crippen molar-refractivity contribution < 1.29 is 8.83 Å². The van der Waals surface area contributed by atoms with E-state index < -0.39 is 0 Å². The number of benzene rings is 7. The topological polar surface area (TPSA) is 34.5 Å². The number of hydrogen-bond acceptors (Lipinski definition) is 3. The standard InChI is InChI=1S/C60H55BN2O2/c1-57(2,3)35-20-23-37(24-21-35)63-47-31-44-43(59(7,8)26-27-60(44,9)10)29-41(47)53-54-55-51(52-38-18-14-15-19-49(38)65-56(52)53)40-28-36(58(4,5)6)22-25-46(40)62(55)48-30-39-42(34-16-12-11-13-17-34)33-64-50(39)32-45(48)61(54)63/h11-25,28-33H,26-27H2,1-10H3. The van der Waals surface area contributed by atoms with Gasteiger partial charge in [0.25, 0.3) is 0 Å². The Labute approximate surface area is 382 Å². The molecule has 5 heterocycles. The highest BCUT2D eigenvalue weighted by molar-refractivity contribution is 6.94. The predicted octanol–water partition coefficient (Wildman–Crippen LogP) is 15.3. The molecule has 0 N–H and O–H groups in total. The molecule has 7 aromatic carbocycles. The molecular weight excluding hydrogens is 791 g/mol. The van der Waals surface area contributed by atoms with Crippen LogP contribution in [-0.4, -0.2) is 11.4 Å². The Morgan fingerprint density at radius 2 is 1.26 bits per heavy atom. The Balaban J connectivity index is 1.27. The fourth-order valence-electron chi connectivity index (χ4n) is 12.1. The van der Waals surface area contributed by atoms with E-state index in [9.17, 15) is 0 Å². The largest absolute Gasteiger partial charge is 0.464 e. The molecule has 0 unspecified atom stereocenters. The first-order chi connectivity index (χ1) is 31.0. The van der Waals surface area contributed by atoms with Crippen LogP contribution in [-0.2, 0) is 21.7 Å². The first kappa shape index (κ1) is 39.0. The molecule has 0 amide bonds. The van der Waals surface area contributed by atoms with Crippen LogP contribution in [0.15, 0.2) is 136 Å². The molecule has 0 saturated carbocycles. The van der Waals surface area contributed by atoms with E-state index in [1.165, 1.54) is 88.6 Å². The molecule has 0 fully saturated rings. The lowest BCUT2D eigenvalue weighted by Crippen LogP contribution is -2.60. The third kappa shape index (κ3) is 5.27. The molecule has 3 aliphatic rings. The molecule has 10 aromatic rings. The van der Waals surface area contributed by atoms with Crippen LogP contribution in [0.25, 0.3) is 82.7 Å². The van der Waals surface area contributed by atoms with E-state index in [1.54, 1.807) is 0 Å². The van der Waals surface area contributed by atoms with Crippen molar-refractivity contribution in [3.63, 3.8) is 0 Å². The molecule has 13 rings (SSSR count). The van der Waals surface area contributed by atoms with E-state index in [0.29, 0.717) is 0 Å². The van der Waals surface area contributed by atoms with Crippen molar-refractivity contribution in [2.24, 2.45) is 0 Å². The van der Waals surface area contributed by atoms with Crippen LogP contribution in [0.1, 0.15) is 104 Å². The van der Waals surface area contributed by atoms with Crippen LogP contribution < -0.4 is 15.7 Å². The molecular formula is C60H55BN2O2. The zero-order chi connectivity index (χ0) is 44.7. The first-order valence-electron chi connectivity index (χ1n) is 23.7. The van der Waals surface area contributed by atoms with Gasteiger partial charge in [-0.3, -0.25) is 0 Å². The van der Waals surface area contributed by atoms with E-state index in [0.717, 1.165) is 51.5 Å². The van der Waals surface area contributed by atoms with Gasteiger partial charge in [0, 0.05) is 60.7 Å². The molecule has 2 aliphatic heterocycles. The molecule has 5 heteroatoms. The summed E-state index contributed by atoms with van der Waals surface area (Å²) in [6.45, 7) is 23.5. The number of para-hydroxylation sites is 1. The Morgan fingerprint density at radius 3 is 1.98 bits per heavy atom. The molecule has 0 bridgehead atoms. The van der Waals surface area contributed by atoms with E-state index in [-0.39, 0.29) is 28.5 Å². The summed E-state index contributed by atoms with van der Waals surface area (Å²) in [4.78, 5) is 2.68. The SMILES string of the molecule is CC(C)(C)c1ccc(N2B3c4cc5occ(-c6ccccc6)c5cc4-n4c5ccc(C(C)(C)C)cc5c5c6c(oc7ccccc76)c(c3c54)-c3cc4c(cc32)C(C)(C)CCC4(C)C)cc1. The first-order valence-corrected chi connectivity index (χ1v) is 23.7. The summed E-state index contributed by atoms with van der Waals surface area (Å²) in [7, 11) is 0. The number of anilines is 2. The van der Waals surface area contributed by atoms with Gasteiger partial charge in [-0.25, -0.2) is 0 Å². The zero-order valence-corrected chi connectivity index (χ0v) is 39.3. The molecule has 1 aliphatic carbocycles. The maximum atomic E-state index is 7.34. The molecule has 3 aromatic heterocycles. The molecule has 0 atom stereocenters. The van der Waals surface area contributed by atoms with Crippen LogP contribution in [0.5, 0.6) is 0 Å². The number of rotatable bonds is 2. The van der Waals surface area contributed by atoms with Crippen LogP contribution in [0.3, 0.4) is 0 Å². The van der Waals surface area contributed by atoms with Crippen molar-refractivity contribution in [3.05, 3.63) is 150 Å². The van der Waals surface area contributed by atoms with Crippen LogP contribution in [0.2, 0.25) is 0 Å². The third-order valence-electron chi connectivity index (χ3n) is 15.8. The second kappa shape index (κ2) is 12.7. The predicted molar refractivity (Wildman–Crippen MR) is 275 cm³/mol. The summed E-state index contributed by atoms with van der Waals surface area (Å²) in [6, 6.07) is 46.1. The maximum absolute atomic E-state index is 7.34. The summed E-state index contributed by atoms with van der Waals surface area (Å²) in [5.74, 6) is 0. The number of nitrogens with zero attached hydrogens (tertiary/aromatic N) is 2. The van der Waals surface area contributed by atoms with Crippen molar-refractivity contribution in [3.8, 4) is 27.9 Å². The Hall–Kier alpha value is -6.46. The highest BCUT2D eigenvalue weighted by Gasteiger charge is 2.48. The Kier molecular flexibility index (Phi) is 7.59. The lowest BCUT2D eigenvalue weighted by molar-refractivity contribution is 0.332. The highest BCUT2D eigenvalue weighted by Crippen LogP contribution is 2.55. The Morgan fingerprint density at radius 1 is 0.585 bits per heavy atom. The van der Waals surface area contributed by atoms with E-state index in [2.05, 4.69) is 200 Å². The Bertz CT molecular complexity index is 3680. The van der Waals surface area contributed by atoms with Gasteiger partial charge in [0.05, 0.1) is 17.3 Å². The van der Waals surface area contributed by atoms with Gasteiger partial charge in [-0.2, -0.15) is 0 Å². The average molecular weight is 847 g/mol. The number of aromatic nitrogens is 1. The van der Waals surface area contributed by atoms with Gasteiger partial charge in [-0.1, -0.05) is 136 Å². The maximum Gasteiger partial charge on any atom is 0.333 e. The van der Waals surface area contributed by atoms with E-state index in [4.69, 9.17) is 8.83 Å². The van der Waals surface area contributed by atoms with Gasteiger partial charge >= 0.3 is 6.85 Å². The van der Waals surface area contributed by atoms with Crippen molar-refractivity contribution in [1.82, 2.24) is 4.57 Å². The third-order valence-corrected chi connectivity index (χ3v) is 15.8. The van der Waals surface area contributed by atoms with Crippen LogP contribution >= 0.6 is 0 Å². The minimum Gasteiger partial charge on any atom is -0.464 e. The summed E-state index contributed by atoms with van der Waals surface area (Å²) >= 11 is 0. The van der Waals surface area contributed by atoms with Crippen LogP contribution in [0.4, 0.5) is 11.4 Å². The smallest absolute Gasteiger partial charge is 0.333 e. The van der Waals surface area contributed by atoms with Gasteiger partial charge < -0.3 is 18.2 Å². The van der Waals surface area contributed by atoms with Gasteiger partial charge in [-0.15, -0.1) is 0 Å². The van der Waals surface area contributed by atoms with Crippen molar-refractivity contribution in [2.45, 2.75) is 104 Å². The molecule has 0 saturated heterocycles. The summed E-state index contributed by atoms with van der Waals surface area (Å²) in [5.41, 5.74) is 21.6. The van der Waals surface area contributed by atoms with Gasteiger partial charge in [0.1, 0.15) is 16.7 Å². The lowest BCUT2D eigenvalue weighted by atomic mass is 9.43. The zero-order valence-electron chi connectivity index (χ0n) is 39.3. The van der Waals surface area contributed by atoms with Crippen molar-refractivity contribution >= 4 is 83.9 Å². The second-order valence-electron chi connectivity index (χ2n) is 22.8. The number of hydrogen-bond donors (Lipinski definition) is 0. The number of furan rings is 2. The quantitative estimate of drug-likeness (QED) is 0.163. The average Bonchev–Trinajstić information content (AvgIpc) is 3.98. The minimum atomic E-state index is -0.195. The fraction of sp³-hybridized carbons (Fsp3) is 0.267. The summed E-state index contributed by atoms with van der Waals surface area (Å²) < 4.78 is 16.6. The number of fused-ring (bicyclic) bond motifs is 15. The second-order valence-corrected chi connectivity index (χ2v) is 22.8. The normalized spacial score (nSPS) is 16.2. The molecule has 320 valence electrons. The van der Waals surface area contributed by atoms with Gasteiger partial charge in [-0.05, 0) is 128 Å². The summed E-state index contributed by atoms with van der Waals surface area (Å²) in [5, 5.41) is 6.00. The van der Waals surface area contributed by atoms with Gasteiger partial charge in [0.15, 0.2) is 0 Å². The molecule has 0 spiro atoms. The van der Waals surface area contributed by atoms with Gasteiger partial charge in [0.2, 0.25) is 0 Å².